The van der Waals surface area contributed by atoms with Crippen molar-refractivity contribution in [1.29, 1.82) is 0 Å². The van der Waals surface area contributed by atoms with Crippen molar-refractivity contribution in [2.75, 3.05) is 0 Å². The van der Waals surface area contributed by atoms with Gasteiger partial charge in [-0.25, -0.2) is 17.6 Å². The first-order valence-electron chi connectivity index (χ1n) is 2.95. The van der Waals surface area contributed by atoms with Gasteiger partial charge in [-0.05, 0) is 28.7 Å². The van der Waals surface area contributed by atoms with Crippen LogP contribution in [-0.2, 0) is 0 Å². The summed E-state index contributed by atoms with van der Waals surface area (Å²) in [4.78, 5) is 0. The van der Waals surface area contributed by atoms with Gasteiger partial charge in [-0.15, -0.1) is 0 Å². The highest BCUT2D eigenvalue weighted by molar-refractivity contribution is 14.1. The Kier molecular flexibility index (Phi) is 2.92. The van der Waals surface area contributed by atoms with Crippen LogP contribution in [0.3, 0.4) is 0 Å². The fourth-order valence-corrected chi connectivity index (χ4v) is 1.55. The summed E-state index contributed by atoms with van der Waals surface area (Å²) in [5.74, 6) is -2.05. The molecule has 0 unspecified atom stereocenters. The molecule has 0 aliphatic rings. The lowest BCUT2D eigenvalue weighted by atomic mass is 10.2. The molecule has 0 bridgehead atoms. The Hall–Kier alpha value is -0.330. The first kappa shape index (κ1) is 9.76. The van der Waals surface area contributed by atoms with E-state index in [1.54, 1.807) is 0 Å². The molecular weight excluding hydrogens is 287 g/mol. The maximum Gasteiger partial charge on any atom is 0.267 e. The second-order valence-corrected chi connectivity index (χ2v) is 3.25. The van der Waals surface area contributed by atoms with Crippen LogP contribution in [0.2, 0.25) is 0 Å². The molecule has 0 radical (unpaired) electrons. The molecular formula is C7H3F4I. The molecule has 0 aliphatic carbocycles. The van der Waals surface area contributed by atoms with Crippen molar-refractivity contribution in [1.82, 2.24) is 0 Å². The molecule has 1 aromatic rings. The molecule has 5 heteroatoms. The Morgan fingerprint density at radius 3 is 2.17 bits per heavy atom. The summed E-state index contributed by atoms with van der Waals surface area (Å²) in [6.45, 7) is 0. The summed E-state index contributed by atoms with van der Waals surface area (Å²) < 4.78 is 49.0. The molecule has 66 valence electrons. The van der Waals surface area contributed by atoms with Crippen molar-refractivity contribution in [3.05, 3.63) is 32.9 Å². The molecule has 0 spiro atoms. The van der Waals surface area contributed by atoms with Crippen LogP contribution in [0, 0.1) is 15.2 Å². The van der Waals surface area contributed by atoms with Crippen molar-refractivity contribution in [3.8, 4) is 0 Å². The lowest BCUT2D eigenvalue weighted by molar-refractivity contribution is 0.145. The van der Waals surface area contributed by atoms with Crippen LogP contribution < -0.4 is 0 Å². The Bertz CT molecular complexity index is 274. The molecule has 0 N–H and O–H groups in total. The van der Waals surface area contributed by atoms with Gasteiger partial charge in [-0.2, -0.15) is 0 Å². The third-order valence-corrected chi connectivity index (χ3v) is 2.15. The molecule has 0 aliphatic heterocycles. The zero-order valence-corrected chi connectivity index (χ0v) is 7.78. The van der Waals surface area contributed by atoms with Gasteiger partial charge < -0.3 is 0 Å². The van der Waals surface area contributed by atoms with Crippen molar-refractivity contribution >= 4 is 22.6 Å². The standard InChI is InChI=1S/C7H3F4I/c8-3-1-4(9)6(7(10)11)5(12)2-3/h1-2,7H. The number of hydrogen-bond acceptors (Lipinski definition) is 0. The van der Waals surface area contributed by atoms with E-state index in [4.69, 9.17) is 0 Å². The summed E-state index contributed by atoms with van der Waals surface area (Å²) in [5.41, 5.74) is -0.739. The molecule has 0 saturated heterocycles. The van der Waals surface area contributed by atoms with Gasteiger partial charge in [0.05, 0.1) is 5.56 Å². The molecule has 0 aromatic heterocycles. The van der Waals surface area contributed by atoms with Gasteiger partial charge in [0, 0.05) is 9.64 Å². The molecule has 0 amide bonds. The van der Waals surface area contributed by atoms with Crippen molar-refractivity contribution < 1.29 is 17.6 Å². The van der Waals surface area contributed by atoms with Gasteiger partial charge in [0.2, 0.25) is 0 Å². The van der Waals surface area contributed by atoms with Crippen molar-refractivity contribution in [3.63, 3.8) is 0 Å². The molecule has 0 saturated carbocycles. The largest absolute Gasteiger partial charge is 0.267 e. The average molecular weight is 290 g/mol. The SMILES string of the molecule is Fc1cc(F)c(C(F)F)c(I)c1. The summed E-state index contributed by atoms with van der Waals surface area (Å²) in [6, 6.07) is 1.31. The predicted octanol–water partition coefficient (Wildman–Crippen LogP) is 3.51. The number of alkyl halides is 2. The molecule has 0 nitrogen and oxygen atoms in total. The predicted molar refractivity (Wildman–Crippen MR) is 44.0 cm³/mol. The lowest BCUT2D eigenvalue weighted by Crippen LogP contribution is -1.96. The molecule has 1 aromatic carbocycles. The zero-order valence-electron chi connectivity index (χ0n) is 5.62. The van der Waals surface area contributed by atoms with Crippen LogP contribution in [0.25, 0.3) is 0 Å². The van der Waals surface area contributed by atoms with Gasteiger partial charge in [-0.3, -0.25) is 0 Å². The highest BCUT2D eigenvalue weighted by Gasteiger charge is 2.17. The number of halogens is 5. The van der Waals surface area contributed by atoms with E-state index in [9.17, 15) is 17.6 Å². The van der Waals surface area contributed by atoms with Gasteiger partial charge in [0.1, 0.15) is 11.6 Å². The minimum atomic E-state index is -2.91. The molecule has 12 heavy (non-hydrogen) atoms. The van der Waals surface area contributed by atoms with Gasteiger partial charge in [0.25, 0.3) is 6.43 Å². The summed E-state index contributed by atoms with van der Waals surface area (Å²) >= 11 is 1.47. The summed E-state index contributed by atoms with van der Waals surface area (Å²) in [5, 5.41) is 0. The van der Waals surface area contributed by atoms with E-state index in [0.717, 1.165) is 6.07 Å². The Morgan fingerprint density at radius 1 is 1.17 bits per heavy atom. The van der Waals surface area contributed by atoms with Crippen LogP contribution >= 0.6 is 22.6 Å². The number of hydrogen-bond donors (Lipinski definition) is 0. The zero-order chi connectivity index (χ0) is 9.30. The maximum atomic E-state index is 12.6. The van der Waals surface area contributed by atoms with Gasteiger partial charge in [0.15, 0.2) is 0 Å². The average Bonchev–Trinajstić information content (AvgIpc) is 1.82. The maximum absolute atomic E-state index is 12.6. The number of benzene rings is 1. The Morgan fingerprint density at radius 2 is 1.75 bits per heavy atom. The fraction of sp³-hybridized carbons (Fsp3) is 0.143. The van der Waals surface area contributed by atoms with Gasteiger partial charge in [-0.1, -0.05) is 0 Å². The van der Waals surface area contributed by atoms with E-state index in [-0.39, 0.29) is 3.57 Å². The van der Waals surface area contributed by atoms with E-state index in [2.05, 4.69) is 0 Å². The normalized spacial score (nSPS) is 10.8. The van der Waals surface area contributed by atoms with Crippen LogP contribution in [0.5, 0.6) is 0 Å². The van der Waals surface area contributed by atoms with Crippen molar-refractivity contribution in [2.45, 2.75) is 6.43 Å². The molecule has 0 heterocycles. The van der Waals surface area contributed by atoms with Crippen LogP contribution in [0.15, 0.2) is 12.1 Å². The minimum Gasteiger partial charge on any atom is -0.207 e. The Labute approximate surface area is 79.7 Å². The highest BCUT2D eigenvalue weighted by Crippen LogP contribution is 2.27. The quantitative estimate of drug-likeness (QED) is 0.548. The van der Waals surface area contributed by atoms with E-state index < -0.39 is 23.6 Å². The van der Waals surface area contributed by atoms with Crippen LogP contribution in [0.1, 0.15) is 12.0 Å². The Balaban J connectivity index is 3.28. The fourth-order valence-electron chi connectivity index (χ4n) is 0.762. The van der Waals surface area contributed by atoms with Gasteiger partial charge >= 0.3 is 0 Å². The second-order valence-electron chi connectivity index (χ2n) is 2.08. The third-order valence-electron chi connectivity index (χ3n) is 1.26. The van der Waals surface area contributed by atoms with Crippen molar-refractivity contribution in [2.24, 2.45) is 0 Å². The topological polar surface area (TPSA) is 0 Å². The van der Waals surface area contributed by atoms with E-state index in [1.165, 1.54) is 22.6 Å². The summed E-state index contributed by atoms with van der Waals surface area (Å²) in [6.07, 6.45) is -2.91. The number of rotatable bonds is 1. The van der Waals surface area contributed by atoms with E-state index in [0.29, 0.717) is 6.07 Å². The molecule has 0 atom stereocenters. The first-order chi connectivity index (χ1) is 5.52. The third kappa shape index (κ3) is 1.88. The lowest BCUT2D eigenvalue weighted by Gasteiger charge is -2.04. The first-order valence-corrected chi connectivity index (χ1v) is 4.03. The summed E-state index contributed by atoms with van der Waals surface area (Å²) in [7, 11) is 0. The van der Waals surface area contributed by atoms with E-state index in [1.807, 2.05) is 0 Å². The second kappa shape index (κ2) is 3.59. The molecule has 1 rings (SSSR count). The monoisotopic (exact) mass is 290 g/mol. The van der Waals surface area contributed by atoms with Crippen LogP contribution in [-0.4, -0.2) is 0 Å². The minimum absolute atomic E-state index is 0.0971. The smallest absolute Gasteiger partial charge is 0.207 e. The molecule has 0 fully saturated rings. The van der Waals surface area contributed by atoms with Crippen LogP contribution in [0.4, 0.5) is 17.6 Å². The van der Waals surface area contributed by atoms with E-state index >= 15 is 0 Å². The highest BCUT2D eigenvalue weighted by atomic mass is 127.